The summed E-state index contributed by atoms with van der Waals surface area (Å²) in [5.41, 5.74) is 1.72. The lowest BCUT2D eigenvalue weighted by Crippen LogP contribution is -2.38. The zero-order valence-corrected chi connectivity index (χ0v) is 17.1. The van der Waals surface area contributed by atoms with Crippen LogP contribution in [0.15, 0.2) is 54.6 Å². The molecule has 1 fully saturated rings. The van der Waals surface area contributed by atoms with Crippen molar-refractivity contribution >= 4 is 34.8 Å². The Morgan fingerprint density at radius 1 is 1.14 bits per heavy atom. The van der Waals surface area contributed by atoms with Crippen LogP contribution in [0.25, 0.3) is 0 Å². The number of carbonyl (C=O) groups excluding carboxylic acids is 2. The van der Waals surface area contributed by atoms with E-state index in [1.165, 1.54) is 29.8 Å². The van der Waals surface area contributed by atoms with E-state index in [2.05, 4.69) is 17.4 Å². The minimum atomic E-state index is -0.612. The molecule has 0 aliphatic carbocycles. The van der Waals surface area contributed by atoms with Crippen LogP contribution in [0.2, 0.25) is 0 Å². The SMILES string of the molecule is CCN1C(=O)[C@@H](CC(=O)Nc2ccc(F)cc2)N(CCCc2ccccc2)C1=S. The summed E-state index contributed by atoms with van der Waals surface area (Å²) in [4.78, 5) is 28.7. The quantitative estimate of drug-likeness (QED) is 0.672. The number of likely N-dealkylation sites (N-methyl/N-ethyl adjacent to an activating group) is 1. The molecule has 2 aromatic rings. The van der Waals surface area contributed by atoms with Crippen LogP contribution < -0.4 is 5.32 Å². The average molecular weight is 414 g/mol. The molecule has 3 rings (SSSR count). The molecule has 1 heterocycles. The molecule has 2 aromatic carbocycles. The molecule has 152 valence electrons. The van der Waals surface area contributed by atoms with Crippen molar-refractivity contribution in [1.29, 1.82) is 0 Å². The second-order valence-corrected chi connectivity index (χ2v) is 7.29. The lowest BCUT2D eigenvalue weighted by Gasteiger charge is -2.23. The number of carbonyl (C=O) groups is 2. The molecular formula is C22H24FN3O2S. The number of nitrogens with one attached hydrogen (secondary N) is 1. The third kappa shape index (κ3) is 5.17. The van der Waals surface area contributed by atoms with Gasteiger partial charge in [-0.15, -0.1) is 0 Å². The molecule has 0 saturated carbocycles. The fraction of sp³-hybridized carbons (Fsp3) is 0.318. The largest absolute Gasteiger partial charge is 0.336 e. The fourth-order valence-electron chi connectivity index (χ4n) is 3.45. The zero-order chi connectivity index (χ0) is 20.8. The molecule has 0 radical (unpaired) electrons. The number of hydrogen-bond acceptors (Lipinski definition) is 3. The van der Waals surface area contributed by atoms with Crippen LogP contribution in [-0.2, 0) is 16.0 Å². The summed E-state index contributed by atoms with van der Waals surface area (Å²) in [7, 11) is 0. The van der Waals surface area contributed by atoms with Crippen molar-refractivity contribution in [2.24, 2.45) is 0 Å². The van der Waals surface area contributed by atoms with Gasteiger partial charge < -0.3 is 10.2 Å². The summed E-state index contributed by atoms with van der Waals surface area (Å²) < 4.78 is 13.0. The number of amides is 2. The van der Waals surface area contributed by atoms with E-state index in [0.717, 1.165) is 12.8 Å². The third-order valence-electron chi connectivity index (χ3n) is 4.93. The fourth-order valence-corrected chi connectivity index (χ4v) is 3.89. The summed E-state index contributed by atoms with van der Waals surface area (Å²) in [6.07, 6.45) is 1.69. The first kappa shape index (κ1) is 20.9. The molecule has 29 heavy (non-hydrogen) atoms. The molecule has 2 amide bonds. The van der Waals surface area contributed by atoms with Crippen LogP contribution in [0.4, 0.5) is 10.1 Å². The highest BCUT2D eigenvalue weighted by atomic mass is 32.1. The number of hydrogen-bond donors (Lipinski definition) is 1. The Morgan fingerprint density at radius 3 is 2.48 bits per heavy atom. The molecule has 0 spiro atoms. The van der Waals surface area contributed by atoms with Crippen LogP contribution in [-0.4, -0.2) is 45.9 Å². The Kier molecular flexibility index (Phi) is 6.93. The van der Waals surface area contributed by atoms with E-state index < -0.39 is 6.04 Å². The second-order valence-electron chi connectivity index (χ2n) is 6.92. The van der Waals surface area contributed by atoms with Gasteiger partial charge in [-0.2, -0.15) is 0 Å². The maximum atomic E-state index is 13.0. The predicted octanol–water partition coefficient (Wildman–Crippen LogP) is 3.60. The third-order valence-corrected chi connectivity index (χ3v) is 5.39. The Hall–Kier alpha value is -2.80. The molecule has 1 aliphatic rings. The van der Waals surface area contributed by atoms with Gasteiger partial charge in [0.05, 0.1) is 6.42 Å². The van der Waals surface area contributed by atoms with Crippen LogP contribution in [0.5, 0.6) is 0 Å². The Balaban J connectivity index is 1.64. The molecule has 5 nitrogen and oxygen atoms in total. The van der Waals surface area contributed by atoms with Crippen LogP contribution in [0.1, 0.15) is 25.3 Å². The van der Waals surface area contributed by atoms with Crippen molar-refractivity contribution in [1.82, 2.24) is 9.80 Å². The lowest BCUT2D eigenvalue weighted by molar-refractivity contribution is -0.130. The summed E-state index contributed by atoms with van der Waals surface area (Å²) in [6.45, 7) is 2.95. The van der Waals surface area contributed by atoms with E-state index in [1.54, 1.807) is 4.90 Å². The minimum Gasteiger partial charge on any atom is -0.336 e. The van der Waals surface area contributed by atoms with Crippen molar-refractivity contribution in [3.63, 3.8) is 0 Å². The number of aryl methyl sites for hydroxylation is 1. The average Bonchev–Trinajstić information content (AvgIpc) is 2.94. The highest BCUT2D eigenvalue weighted by Crippen LogP contribution is 2.22. The monoisotopic (exact) mass is 413 g/mol. The first-order chi connectivity index (χ1) is 14.0. The van der Waals surface area contributed by atoms with E-state index >= 15 is 0 Å². The highest BCUT2D eigenvalue weighted by Gasteiger charge is 2.42. The molecule has 1 aliphatic heterocycles. The first-order valence-electron chi connectivity index (χ1n) is 9.71. The van der Waals surface area contributed by atoms with E-state index in [1.807, 2.05) is 30.0 Å². The summed E-state index contributed by atoms with van der Waals surface area (Å²) >= 11 is 5.50. The highest BCUT2D eigenvalue weighted by molar-refractivity contribution is 7.80. The van der Waals surface area contributed by atoms with Gasteiger partial charge in [0.25, 0.3) is 5.91 Å². The van der Waals surface area contributed by atoms with Crippen LogP contribution in [0.3, 0.4) is 0 Å². The Labute approximate surface area is 175 Å². The smallest absolute Gasteiger partial charge is 0.252 e. The van der Waals surface area contributed by atoms with E-state index in [4.69, 9.17) is 12.2 Å². The van der Waals surface area contributed by atoms with Crippen molar-refractivity contribution in [3.05, 3.63) is 66.0 Å². The van der Waals surface area contributed by atoms with E-state index in [0.29, 0.717) is 23.9 Å². The van der Waals surface area contributed by atoms with Gasteiger partial charge >= 0.3 is 0 Å². The summed E-state index contributed by atoms with van der Waals surface area (Å²) in [5.74, 6) is -0.822. The summed E-state index contributed by atoms with van der Waals surface area (Å²) in [6, 6.07) is 15.0. The van der Waals surface area contributed by atoms with Gasteiger partial charge in [0, 0.05) is 18.8 Å². The zero-order valence-electron chi connectivity index (χ0n) is 16.3. The Bertz CT molecular complexity index is 873. The predicted molar refractivity (Wildman–Crippen MR) is 115 cm³/mol. The number of rotatable bonds is 8. The molecule has 0 bridgehead atoms. The van der Waals surface area contributed by atoms with Crippen molar-refractivity contribution in [2.45, 2.75) is 32.2 Å². The molecule has 1 atom stereocenters. The number of thiocarbonyl (C=S) groups is 1. The number of benzene rings is 2. The molecular weight excluding hydrogens is 389 g/mol. The molecule has 0 aromatic heterocycles. The molecule has 7 heteroatoms. The van der Waals surface area contributed by atoms with E-state index in [-0.39, 0.29) is 24.1 Å². The maximum Gasteiger partial charge on any atom is 0.252 e. The van der Waals surface area contributed by atoms with E-state index in [9.17, 15) is 14.0 Å². The van der Waals surface area contributed by atoms with Crippen LogP contribution >= 0.6 is 12.2 Å². The second kappa shape index (κ2) is 9.60. The van der Waals surface area contributed by atoms with Gasteiger partial charge in [0.2, 0.25) is 5.91 Å². The lowest BCUT2D eigenvalue weighted by atomic mass is 10.1. The van der Waals surface area contributed by atoms with Gasteiger partial charge in [0.1, 0.15) is 11.9 Å². The number of halogens is 1. The minimum absolute atomic E-state index is 0.00180. The standard InChI is InChI=1S/C22H24FN3O2S/c1-2-25-21(28)19(15-20(27)24-18-12-10-17(23)11-13-18)26(22(25)29)14-6-9-16-7-4-3-5-8-16/h3-5,7-8,10-13,19H,2,6,9,14-15H2,1H3,(H,24,27)/t19-/m1/s1. The van der Waals surface area contributed by atoms with Gasteiger partial charge in [0.15, 0.2) is 5.11 Å². The van der Waals surface area contributed by atoms with Crippen molar-refractivity contribution in [3.8, 4) is 0 Å². The van der Waals surface area contributed by atoms with Gasteiger partial charge in [-0.05, 0) is 61.8 Å². The van der Waals surface area contributed by atoms with Gasteiger partial charge in [-0.3, -0.25) is 14.5 Å². The van der Waals surface area contributed by atoms with Gasteiger partial charge in [-0.1, -0.05) is 30.3 Å². The van der Waals surface area contributed by atoms with Crippen LogP contribution in [0, 0.1) is 5.82 Å². The molecule has 0 unspecified atom stereocenters. The summed E-state index contributed by atoms with van der Waals surface area (Å²) in [5, 5.41) is 3.20. The topological polar surface area (TPSA) is 52.7 Å². The first-order valence-corrected chi connectivity index (χ1v) is 10.1. The van der Waals surface area contributed by atoms with Gasteiger partial charge in [-0.25, -0.2) is 4.39 Å². The molecule has 1 N–H and O–H groups in total. The van der Waals surface area contributed by atoms with Crippen molar-refractivity contribution < 1.29 is 14.0 Å². The number of nitrogens with zero attached hydrogens (tertiary/aromatic N) is 2. The maximum absolute atomic E-state index is 13.0. The molecule has 1 saturated heterocycles. The van der Waals surface area contributed by atoms with Crippen molar-refractivity contribution in [2.75, 3.05) is 18.4 Å². The number of anilines is 1. The Morgan fingerprint density at radius 2 is 1.83 bits per heavy atom. The normalized spacial score (nSPS) is 16.4.